The van der Waals surface area contributed by atoms with Crippen LogP contribution < -0.4 is 4.74 Å². The zero-order valence-electron chi connectivity index (χ0n) is 10.7. The number of aliphatic hydroxyl groups is 1. The molecule has 0 spiro atoms. The molecule has 0 atom stereocenters. The summed E-state index contributed by atoms with van der Waals surface area (Å²) in [5.74, 6) is 0.706. The quantitative estimate of drug-likeness (QED) is 0.881. The number of phenolic OH excluding ortho intramolecular Hbond substituents is 1. The van der Waals surface area contributed by atoms with Gasteiger partial charge in [-0.25, -0.2) is 4.98 Å². The van der Waals surface area contributed by atoms with Crippen LogP contribution in [0.25, 0.3) is 12.2 Å². The van der Waals surface area contributed by atoms with Gasteiger partial charge in [-0.3, -0.25) is 0 Å². The summed E-state index contributed by atoms with van der Waals surface area (Å²) in [6, 6.07) is 8.82. The smallest absolute Gasteiger partial charge is 0.228 e. The predicted octanol–water partition coefficient (Wildman–Crippen LogP) is 3.09. The number of ether oxygens (including phenoxy) is 1. The lowest BCUT2D eigenvalue weighted by Crippen LogP contribution is -2.03. The van der Waals surface area contributed by atoms with Crippen LogP contribution in [0.5, 0.6) is 11.6 Å². The molecule has 0 fully saturated rings. The zero-order chi connectivity index (χ0) is 14.4. The summed E-state index contributed by atoms with van der Waals surface area (Å²) in [6.07, 6.45) is 5.53. The number of phenols is 1. The molecule has 0 aliphatic rings. The third-order valence-corrected chi connectivity index (χ3v) is 3.09. The second-order valence-electron chi connectivity index (χ2n) is 4.05. The SMILES string of the molecule is OCCOc1ncc(/C=C/c2ccc(O)cc2)cc1Br. The highest BCUT2D eigenvalue weighted by Crippen LogP contribution is 2.24. The van der Waals surface area contributed by atoms with E-state index >= 15 is 0 Å². The van der Waals surface area contributed by atoms with Crippen molar-refractivity contribution in [1.29, 1.82) is 0 Å². The monoisotopic (exact) mass is 335 g/mol. The molecular formula is C15H14BrNO3. The largest absolute Gasteiger partial charge is 0.508 e. The first kappa shape index (κ1) is 14.6. The molecule has 0 unspecified atom stereocenters. The Hall–Kier alpha value is -1.85. The molecule has 20 heavy (non-hydrogen) atoms. The Kier molecular flexibility index (Phi) is 5.15. The molecule has 0 bridgehead atoms. The maximum absolute atomic E-state index is 9.21. The number of hydrogen-bond donors (Lipinski definition) is 2. The van der Waals surface area contributed by atoms with Crippen molar-refractivity contribution in [2.75, 3.05) is 13.2 Å². The van der Waals surface area contributed by atoms with E-state index < -0.39 is 0 Å². The molecule has 0 aliphatic carbocycles. The standard InChI is InChI=1S/C15H14BrNO3/c16-14-9-12(10-17-15(14)20-8-7-18)2-1-11-3-5-13(19)6-4-11/h1-6,9-10,18-19H,7-8H2/b2-1+. The fraction of sp³-hybridized carbons (Fsp3) is 0.133. The molecule has 2 N–H and O–H groups in total. The van der Waals surface area contributed by atoms with Crippen molar-refractivity contribution < 1.29 is 14.9 Å². The highest BCUT2D eigenvalue weighted by molar-refractivity contribution is 9.10. The Labute approximate surface area is 125 Å². The second kappa shape index (κ2) is 7.07. The van der Waals surface area contributed by atoms with Gasteiger partial charge in [0.2, 0.25) is 5.88 Å². The Bertz CT molecular complexity index is 597. The molecule has 1 aromatic carbocycles. The molecule has 2 rings (SSSR count). The van der Waals surface area contributed by atoms with E-state index in [1.807, 2.05) is 30.4 Å². The lowest BCUT2D eigenvalue weighted by molar-refractivity contribution is 0.196. The van der Waals surface area contributed by atoms with Gasteiger partial charge in [0, 0.05) is 6.20 Å². The number of nitrogens with zero attached hydrogens (tertiary/aromatic N) is 1. The van der Waals surface area contributed by atoms with Crippen LogP contribution in [0, 0.1) is 0 Å². The summed E-state index contributed by atoms with van der Waals surface area (Å²) < 4.78 is 5.99. The van der Waals surface area contributed by atoms with Crippen molar-refractivity contribution in [1.82, 2.24) is 4.98 Å². The Morgan fingerprint density at radius 1 is 1.15 bits per heavy atom. The normalized spacial score (nSPS) is 10.9. The van der Waals surface area contributed by atoms with E-state index in [4.69, 9.17) is 9.84 Å². The van der Waals surface area contributed by atoms with Gasteiger partial charge >= 0.3 is 0 Å². The number of hydrogen-bond acceptors (Lipinski definition) is 4. The van der Waals surface area contributed by atoms with Crippen LogP contribution in [-0.4, -0.2) is 28.4 Å². The van der Waals surface area contributed by atoms with Crippen LogP contribution in [-0.2, 0) is 0 Å². The fourth-order valence-corrected chi connectivity index (χ4v) is 2.04. The minimum Gasteiger partial charge on any atom is -0.508 e. The molecule has 0 saturated carbocycles. The first-order chi connectivity index (χ1) is 9.69. The molecule has 0 amide bonds. The molecular weight excluding hydrogens is 322 g/mol. The number of benzene rings is 1. The van der Waals surface area contributed by atoms with Crippen LogP contribution in [0.3, 0.4) is 0 Å². The second-order valence-corrected chi connectivity index (χ2v) is 4.91. The number of rotatable bonds is 5. The van der Waals surface area contributed by atoms with Crippen molar-refractivity contribution in [2.24, 2.45) is 0 Å². The first-order valence-corrected chi connectivity index (χ1v) is 6.84. The summed E-state index contributed by atoms with van der Waals surface area (Å²) in [6.45, 7) is 0.172. The van der Waals surface area contributed by atoms with Gasteiger partial charge in [-0.05, 0) is 45.3 Å². The molecule has 1 heterocycles. The molecule has 0 aliphatic heterocycles. The Morgan fingerprint density at radius 3 is 2.50 bits per heavy atom. The summed E-state index contributed by atoms with van der Waals surface area (Å²) in [5.41, 5.74) is 1.90. The number of halogens is 1. The van der Waals surface area contributed by atoms with Crippen molar-refractivity contribution in [2.45, 2.75) is 0 Å². The summed E-state index contributed by atoms with van der Waals surface area (Å²) in [7, 11) is 0. The van der Waals surface area contributed by atoms with Gasteiger partial charge in [0.1, 0.15) is 12.4 Å². The summed E-state index contributed by atoms with van der Waals surface area (Å²) >= 11 is 3.38. The first-order valence-electron chi connectivity index (χ1n) is 6.05. The van der Waals surface area contributed by atoms with E-state index in [2.05, 4.69) is 20.9 Å². The van der Waals surface area contributed by atoms with Crippen LogP contribution in [0.1, 0.15) is 11.1 Å². The lowest BCUT2D eigenvalue weighted by Gasteiger charge is -2.05. The van der Waals surface area contributed by atoms with Crippen molar-refractivity contribution in [3.8, 4) is 11.6 Å². The summed E-state index contributed by atoms with van der Waals surface area (Å²) in [4.78, 5) is 4.17. The van der Waals surface area contributed by atoms with E-state index in [9.17, 15) is 5.11 Å². The molecule has 4 nitrogen and oxygen atoms in total. The molecule has 0 saturated heterocycles. The molecule has 104 valence electrons. The molecule has 1 aromatic heterocycles. The summed E-state index contributed by atoms with van der Waals surface area (Å²) in [5, 5.41) is 17.9. The topological polar surface area (TPSA) is 62.6 Å². The number of aromatic hydroxyl groups is 1. The van der Waals surface area contributed by atoms with E-state index in [-0.39, 0.29) is 19.0 Å². The maximum atomic E-state index is 9.21. The Morgan fingerprint density at radius 2 is 1.85 bits per heavy atom. The van der Waals surface area contributed by atoms with E-state index in [1.165, 1.54) is 0 Å². The number of aliphatic hydroxyl groups excluding tert-OH is 1. The number of pyridine rings is 1. The van der Waals surface area contributed by atoms with Gasteiger partial charge in [0.05, 0.1) is 11.1 Å². The highest BCUT2D eigenvalue weighted by atomic mass is 79.9. The van der Waals surface area contributed by atoms with Gasteiger partial charge in [0.15, 0.2) is 0 Å². The third kappa shape index (κ3) is 4.08. The van der Waals surface area contributed by atoms with Crippen molar-refractivity contribution in [3.05, 3.63) is 52.1 Å². The Balaban J connectivity index is 2.09. The van der Waals surface area contributed by atoms with Gasteiger partial charge in [-0.1, -0.05) is 24.3 Å². The number of aromatic nitrogens is 1. The van der Waals surface area contributed by atoms with Gasteiger partial charge in [-0.2, -0.15) is 0 Å². The maximum Gasteiger partial charge on any atom is 0.228 e. The van der Waals surface area contributed by atoms with Crippen molar-refractivity contribution >= 4 is 28.1 Å². The van der Waals surface area contributed by atoms with Gasteiger partial charge in [0.25, 0.3) is 0 Å². The highest BCUT2D eigenvalue weighted by Gasteiger charge is 2.02. The van der Waals surface area contributed by atoms with Gasteiger partial charge < -0.3 is 14.9 Å². The van der Waals surface area contributed by atoms with E-state index in [0.29, 0.717) is 5.88 Å². The van der Waals surface area contributed by atoms with Crippen LogP contribution in [0.4, 0.5) is 0 Å². The van der Waals surface area contributed by atoms with E-state index in [1.54, 1.807) is 18.3 Å². The average Bonchev–Trinajstić information content (AvgIpc) is 2.46. The van der Waals surface area contributed by atoms with E-state index in [0.717, 1.165) is 15.6 Å². The van der Waals surface area contributed by atoms with Crippen LogP contribution >= 0.6 is 15.9 Å². The van der Waals surface area contributed by atoms with Crippen LogP contribution in [0.15, 0.2) is 41.0 Å². The molecule has 5 heteroatoms. The predicted molar refractivity (Wildman–Crippen MR) is 81.6 cm³/mol. The fourth-order valence-electron chi connectivity index (χ4n) is 1.56. The van der Waals surface area contributed by atoms with Crippen molar-refractivity contribution in [3.63, 3.8) is 0 Å². The lowest BCUT2D eigenvalue weighted by atomic mass is 10.1. The van der Waals surface area contributed by atoms with Gasteiger partial charge in [-0.15, -0.1) is 0 Å². The minimum absolute atomic E-state index is 0.0450. The van der Waals surface area contributed by atoms with Crippen LogP contribution in [0.2, 0.25) is 0 Å². The zero-order valence-corrected chi connectivity index (χ0v) is 12.2. The third-order valence-electron chi connectivity index (χ3n) is 2.52. The molecule has 0 radical (unpaired) electrons. The minimum atomic E-state index is -0.0450. The average molecular weight is 336 g/mol. The molecule has 2 aromatic rings.